The molecule has 60 valence electrons. The minimum Gasteiger partial charge on any atom is -0.472 e. The van der Waals surface area contributed by atoms with Gasteiger partial charge in [-0.25, -0.2) is 9.97 Å². The van der Waals surface area contributed by atoms with E-state index in [0.29, 0.717) is 5.82 Å². The molecule has 0 radical (unpaired) electrons. The molecule has 0 aliphatic rings. The normalized spacial score (nSPS) is 10.1. The SMILES string of the molecule is Brc1cnc(-c2ccoc2)nc1. The Bertz CT molecular complexity index is 355. The van der Waals surface area contributed by atoms with Crippen molar-refractivity contribution < 1.29 is 4.42 Å². The fraction of sp³-hybridized carbons (Fsp3) is 0. The molecule has 2 aromatic rings. The second-order valence-electron chi connectivity index (χ2n) is 2.24. The standard InChI is InChI=1S/C8H5BrN2O/c9-7-3-10-8(11-4-7)6-1-2-12-5-6/h1-5H. The van der Waals surface area contributed by atoms with Crippen LogP contribution in [0.2, 0.25) is 0 Å². The van der Waals surface area contributed by atoms with Gasteiger partial charge in [0.25, 0.3) is 0 Å². The van der Waals surface area contributed by atoms with Gasteiger partial charge in [0.1, 0.15) is 6.26 Å². The number of aromatic nitrogens is 2. The van der Waals surface area contributed by atoms with Crippen molar-refractivity contribution in [1.29, 1.82) is 0 Å². The van der Waals surface area contributed by atoms with E-state index in [1.807, 2.05) is 6.07 Å². The molecule has 0 unspecified atom stereocenters. The fourth-order valence-corrected chi connectivity index (χ4v) is 1.06. The average Bonchev–Trinajstić information content (AvgIpc) is 2.58. The Labute approximate surface area is 77.6 Å². The summed E-state index contributed by atoms with van der Waals surface area (Å²) in [5, 5.41) is 0. The van der Waals surface area contributed by atoms with Crippen molar-refractivity contribution in [1.82, 2.24) is 9.97 Å². The summed E-state index contributed by atoms with van der Waals surface area (Å²) in [5.74, 6) is 0.673. The van der Waals surface area contributed by atoms with Crippen molar-refractivity contribution in [3.8, 4) is 11.4 Å². The van der Waals surface area contributed by atoms with Gasteiger partial charge in [0.05, 0.1) is 16.3 Å². The molecule has 0 aliphatic heterocycles. The number of hydrogen-bond acceptors (Lipinski definition) is 3. The lowest BCUT2D eigenvalue weighted by atomic mass is 10.3. The molecule has 3 nitrogen and oxygen atoms in total. The van der Waals surface area contributed by atoms with Crippen molar-refractivity contribution in [3.05, 3.63) is 35.5 Å². The van der Waals surface area contributed by atoms with Crippen molar-refractivity contribution in [3.63, 3.8) is 0 Å². The zero-order chi connectivity index (χ0) is 8.39. The zero-order valence-electron chi connectivity index (χ0n) is 6.07. The van der Waals surface area contributed by atoms with Crippen molar-refractivity contribution in [2.75, 3.05) is 0 Å². The topological polar surface area (TPSA) is 38.9 Å². The summed E-state index contributed by atoms with van der Waals surface area (Å²) >= 11 is 3.26. The molecule has 0 saturated heterocycles. The van der Waals surface area contributed by atoms with Crippen LogP contribution >= 0.6 is 15.9 Å². The molecule has 0 N–H and O–H groups in total. The highest BCUT2D eigenvalue weighted by Gasteiger charge is 2.00. The van der Waals surface area contributed by atoms with E-state index < -0.39 is 0 Å². The summed E-state index contributed by atoms with van der Waals surface area (Å²) in [6.07, 6.45) is 6.62. The predicted octanol–water partition coefficient (Wildman–Crippen LogP) is 2.50. The molecular formula is C8H5BrN2O. The monoisotopic (exact) mass is 224 g/mol. The van der Waals surface area contributed by atoms with Gasteiger partial charge in [0, 0.05) is 12.4 Å². The number of hydrogen-bond donors (Lipinski definition) is 0. The molecule has 0 fully saturated rings. The molecule has 2 aromatic heterocycles. The highest BCUT2D eigenvalue weighted by atomic mass is 79.9. The Morgan fingerprint density at radius 2 is 2.00 bits per heavy atom. The zero-order valence-corrected chi connectivity index (χ0v) is 7.65. The summed E-state index contributed by atoms with van der Waals surface area (Å²) in [6.45, 7) is 0. The minimum absolute atomic E-state index is 0.673. The quantitative estimate of drug-likeness (QED) is 0.748. The Morgan fingerprint density at radius 1 is 1.25 bits per heavy atom. The smallest absolute Gasteiger partial charge is 0.162 e. The first-order valence-corrected chi connectivity index (χ1v) is 4.16. The van der Waals surface area contributed by atoms with Crippen LogP contribution in [0.15, 0.2) is 39.9 Å². The Balaban J connectivity index is 2.43. The van der Waals surface area contributed by atoms with Crippen molar-refractivity contribution in [2.45, 2.75) is 0 Å². The van der Waals surface area contributed by atoms with Gasteiger partial charge in [0.15, 0.2) is 5.82 Å². The fourth-order valence-electron chi connectivity index (χ4n) is 0.853. The molecule has 0 atom stereocenters. The van der Waals surface area contributed by atoms with Gasteiger partial charge in [-0.2, -0.15) is 0 Å². The molecule has 4 heteroatoms. The van der Waals surface area contributed by atoms with E-state index in [0.717, 1.165) is 10.0 Å². The third kappa shape index (κ3) is 1.38. The Hall–Kier alpha value is -1.16. The summed E-state index contributed by atoms with van der Waals surface area (Å²) < 4.78 is 5.78. The predicted molar refractivity (Wildman–Crippen MR) is 47.4 cm³/mol. The summed E-state index contributed by atoms with van der Waals surface area (Å²) in [4.78, 5) is 8.21. The lowest BCUT2D eigenvalue weighted by Gasteiger charge is -1.93. The van der Waals surface area contributed by atoms with E-state index in [-0.39, 0.29) is 0 Å². The molecule has 0 saturated carbocycles. The van der Waals surface area contributed by atoms with E-state index in [2.05, 4.69) is 25.9 Å². The summed E-state index contributed by atoms with van der Waals surface area (Å²) in [6, 6.07) is 1.82. The molecule has 2 heterocycles. The summed E-state index contributed by atoms with van der Waals surface area (Å²) in [5.41, 5.74) is 0.891. The van der Waals surface area contributed by atoms with E-state index >= 15 is 0 Å². The number of nitrogens with zero attached hydrogens (tertiary/aromatic N) is 2. The molecule has 0 bridgehead atoms. The van der Waals surface area contributed by atoms with Crippen molar-refractivity contribution >= 4 is 15.9 Å². The van der Waals surface area contributed by atoms with Gasteiger partial charge in [-0.05, 0) is 22.0 Å². The number of furan rings is 1. The number of halogens is 1. The first-order chi connectivity index (χ1) is 5.86. The molecule has 12 heavy (non-hydrogen) atoms. The summed E-state index contributed by atoms with van der Waals surface area (Å²) in [7, 11) is 0. The van der Waals surface area contributed by atoms with Crippen LogP contribution in [0.3, 0.4) is 0 Å². The largest absolute Gasteiger partial charge is 0.472 e. The highest BCUT2D eigenvalue weighted by Crippen LogP contribution is 2.15. The maximum atomic E-state index is 4.91. The van der Waals surface area contributed by atoms with Crippen LogP contribution in [0, 0.1) is 0 Å². The van der Waals surface area contributed by atoms with Gasteiger partial charge in [-0.15, -0.1) is 0 Å². The van der Waals surface area contributed by atoms with Crippen LogP contribution in [-0.4, -0.2) is 9.97 Å². The van der Waals surface area contributed by atoms with Crippen LogP contribution in [0.4, 0.5) is 0 Å². The van der Waals surface area contributed by atoms with Crippen LogP contribution in [0.5, 0.6) is 0 Å². The Kier molecular flexibility index (Phi) is 1.91. The first-order valence-electron chi connectivity index (χ1n) is 3.36. The van der Waals surface area contributed by atoms with Gasteiger partial charge in [0.2, 0.25) is 0 Å². The van der Waals surface area contributed by atoms with E-state index in [4.69, 9.17) is 4.42 Å². The van der Waals surface area contributed by atoms with Gasteiger partial charge in [-0.3, -0.25) is 0 Å². The lowest BCUT2D eigenvalue weighted by Crippen LogP contribution is -1.84. The van der Waals surface area contributed by atoms with Gasteiger partial charge in [-0.1, -0.05) is 0 Å². The van der Waals surface area contributed by atoms with Crippen LogP contribution in [0.1, 0.15) is 0 Å². The maximum absolute atomic E-state index is 4.91. The van der Waals surface area contributed by atoms with Crippen LogP contribution in [0.25, 0.3) is 11.4 Å². The van der Waals surface area contributed by atoms with Gasteiger partial charge < -0.3 is 4.42 Å². The third-order valence-electron chi connectivity index (χ3n) is 1.40. The molecule has 0 aliphatic carbocycles. The Morgan fingerprint density at radius 3 is 2.58 bits per heavy atom. The van der Waals surface area contributed by atoms with E-state index in [9.17, 15) is 0 Å². The second kappa shape index (κ2) is 3.06. The van der Waals surface area contributed by atoms with Crippen molar-refractivity contribution in [2.24, 2.45) is 0 Å². The van der Waals surface area contributed by atoms with Gasteiger partial charge >= 0.3 is 0 Å². The van der Waals surface area contributed by atoms with E-state index in [1.54, 1.807) is 24.9 Å². The molecule has 0 spiro atoms. The van der Waals surface area contributed by atoms with E-state index in [1.165, 1.54) is 0 Å². The molecular weight excluding hydrogens is 220 g/mol. The lowest BCUT2D eigenvalue weighted by molar-refractivity contribution is 0.568. The minimum atomic E-state index is 0.673. The highest BCUT2D eigenvalue weighted by molar-refractivity contribution is 9.10. The first kappa shape index (κ1) is 7.49. The maximum Gasteiger partial charge on any atom is 0.162 e. The van der Waals surface area contributed by atoms with Crippen LogP contribution in [-0.2, 0) is 0 Å². The molecule has 0 aromatic carbocycles. The van der Waals surface area contributed by atoms with Crippen LogP contribution < -0.4 is 0 Å². The molecule has 0 amide bonds. The average molecular weight is 225 g/mol. The number of rotatable bonds is 1. The second-order valence-corrected chi connectivity index (χ2v) is 3.15. The molecule has 2 rings (SSSR count). The third-order valence-corrected chi connectivity index (χ3v) is 1.81.